The summed E-state index contributed by atoms with van der Waals surface area (Å²) in [6.07, 6.45) is 4.74. The topological polar surface area (TPSA) is 59.2 Å². The van der Waals surface area contributed by atoms with Crippen molar-refractivity contribution >= 4 is 42.1 Å². The first-order valence-electron chi connectivity index (χ1n) is 6.52. The second-order valence-corrected chi connectivity index (χ2v) is 6.47. The number of nitrogens with two attached hydrogens (primary N) is 1. The number of thiazole rings is 1. The average molecular weight is 340 g/mol. The maximum Gasteiger partial charge on any atom is 0.265 e. The zero-order valence-corrected chi connectivity index (χ0v) is 14.4. The number of likely N-dealkylation sites (tertiary alicyclic amines) is 1. The SMILES string of the molecule is CCCc1ncc(C(=O)N2CCC(C)(CN)C2)s1.Cl.Cl. The largest absolute Gasteiger partial charge is 0.337 e. The lowest BCUT2D eigenvalue weighted by atomic mass is 9.90. The van der Waals surface area contributed by atoms with Gasteiger partial charge in [-0.25, -0.2) is 4.98 Å². The number of carbonyl (C=O) groups excluding carboxylic acids is 1. The average Bonchev–Trinajstić information content (AvgIpc) is 2.97. The Morgan fingerprint density at radius 2 is 2.25 bits per heavy atom. The Morgan fingerprint density at radius 1 is 1.55 bits per heavy atom. The van der Waals surface area contributed by atoms with Crippen molar-refractivity contribution in [1.82, 2.24) is 9.88 Å². The van der Waals surface area contributed by atoms with Crippen LogP contribution in [-0.2, 0) is 6.42 Å². The van der Waals surface area contributed by atoms with Crippen LogP contribution >= 0.6 is 36.2 Å². The fourth-order valence-corrected chi connectivity index (χ4v) is 3.25. The normalized spacial score (nSPS) is 21.2. The molecule has 0 saturated carbocycles. The number of hydrogen-bond acceptors (Lipinski definition) is 4. The second kappa shape index (κ2) is 8.17. The third-order valence-electron chi connectivity index (χ3n) is 3.57. The maximum absolute atomic E-state index is 12.3. The molecule has 116 valence electrons. The molecule has 20 heavy (non-hydrogen) atoms. The van der Waals surface area contributed by atoms with Crippen LogP contribution in [0.25, 0.3) is 0 Å². The van der Waals surface area contributed by atoms with E-state index in [4.69, 9.17) is 5.73 Å². The van der Waals surface area contributed by atoms with Crippen LogP contribution in [0, 0.1) is 5.41 Å². The van der Waals surface area contributed by atoms with Crippen molar-refractivity contribution in [1.29, 1.82) is 0 Å². The van der Waals surface area contributed by atoms with E-state index in [-0.39, 0.29) is 36.1 Å². The van der Waals surface area contributed by atoms with Gasteiger partial charge in [-0.05, 0) is 31.2 Å². The van der Waals surface area contributed by atoms with Crippen molar-refractivity contribution < 1.29 is 4.79 Å². The van der Waals surface area contributed by atoms with Gasteiger partial charge in [0.2, 0.25) is 0 Å². The minimum atomic E-state index is 0. The Labute approximate surface area is 137 Å². The van der Waals surface area contributed by atoms with Gasteiger partial charge in [0.1, 0.15) is 4.88 Å². The van der Waals surface area contributed by atoms with Gasteiger partial charge in [-0.2, -0.15) is 0 Å². The van der Waals surface area contributed by atoms with Crippen molar-refractivity contribution in [2.75, 3.05) is 19.6 Å². The summed E-state index contributed by atoms with van der Waals surface area (Å²) in [7, 11) is 0. The van der Waals surface area contributed by atoms with Crippen LogP contribution in [0.5, 0.6) is 0 Å². The van der Waals surface area contributed by atoms with Gasteiger partial charge >= 0.3 is 0 Å². The molecule has 0 aliphatic carbocycles. The van der Waals surface area contributed by atoms with E-state index < -0.39 is 0 Å². The molecule has 1 amide bonds. The van der Waals surface area contributed by atoms with Gasteiger partial charge in [0.05, 0.1) is 11.2 Å². The Kier molecular flexibility index (Phi) is 8.03. The van der Waals surface area contributed by atoms with Crippen LogP contribution in [-0.4, -0.2) is 35.4 Å². The van der Waals surface area contributed by atoms with E-state index in [1.807, 2.05) is 4.90 Å². The molecule has 0 radical (unpaired) electrons. The van der Waals surface area contributed by atoms with Crippen LogP contribution in [0.15, 0.2) is 6.20 Å². The fraction of sp³-hybridized carbons (Fsp3) is 0.692. The van der Waals surface area contributed by atoms with E-state index in [0.717, 1.165) is 42.2 Å². The number of aromatic nitrogens is 1. The summed E-state index contributed by atoms with van der Waals surface area (Å²) in [4.78, 5) is 19.3. The van der Waals surface area contributed by atoms with Crippen molar-refractivity contribution in [2.45, 2.75) is 33.1 Å². The molecule has 0 bridgehead atoms. The van der Waals surface area contributed by atoms with Crippen molar-refractivity contribution in [3.63, 3.8) is 0 Å². The molecule has 0 spiro atoms. The highest BCUT2D eigenvalue weighted by Crippen LogP contribution is 2.30. The first-order chi connectivity index (χ1) is 8.58. The van der Waals surface area contributed by atoms with E-state index in [2.05, 4.69) is 18.8 Å². The molecule has 1 atom stereocenters. The number of aryl methyl sites for hydroxylation is 1. The highest BCUT2D eigenvalue weighted by Gasteiger charge is 2.35. The third kappa shape index (κ3) is 4.32. The molecule has 1 fully saturated rings. The Bertz CT molecular complexity index is 441. The Morgan fingerprint density at radius 3 is 2.80 bits per heavy atom. The molecule has 0 aromatic carbocycles. The summed E-state index contributed by atoms with van der Waals surface area (Å²) in [6.45, 7) is 6.49. The number of rotatable bonds is 4. The number of carbonyl (C=O) groups is 1. The van der Waals surface area contributed by atoms with Crippen LogP contribution < -0.4 is 5.73 Å². The van der Waals surface area contributed by atoms with Gasteiger partial charge in [-0.15, -0.1) is 36.2 Å². The summed E-state index contributed by atoms with van der Waals surface area (Å²) in [5, 5.41) is 1.06. The molecule has 1 aliphatic heterocycles. The van der Waals surface area contributed by atoms with Crippen molar-refractivity contribution in [3.05, 3.63) is 16.1 Å². The van der Waals surface area contributed by atoms with Crippen molar-refractivity contribution in [3.8, 4) is 0 Å². The molecule has 7 heteroatoms. The monoisotopic (exact) mass is 339 g/mol. The van der Waals surface area contributed by atoms with E-state index in [1.54, 1.807) is 6.20 Å². The summed E-state index contributed by atoms with van der Waals surface area (Å²) in [5.41, 5.74) is 5.85. The summed E-state index contributed by atoms with van der Waals surface area (Å²) in [6, 6.07) is 0. The molecule has 1 saturated heterocycles. The summed E-state index contributed by atoms with van der Waals surface area (Å²) >= 11 is 1.53. The van der Waals surface area contributed by atoms with E-state index in [9.17, 15) is 4.79 Å². The van der Waals surface area contributed by atoms with Gasteiger partial charge in [0, 0.05) is 13.1 Å². The number of halogens is 2. The highest BCUT2D eigenvalue weighted by molar-refractivity contribution is 7.13. The summed E-state index contributed by atoms with van der Waals surface area (Å²) in [5.74, 6) is 0.118. The van der Waals surface area contributed by atoms with Crippen LogP contribution in [0.1, 0.15) is 41.4 Å². The van der Waals surface area contributed by atoms with Crippen LogP contribution in [0.2, 0.25) is 0 Å². The molecule has 2 heterocycles. The molecular formula is C13H23Cl2N3OS. The van der Waals surface area contributed by atoms with Crippen molar-refractivity contribution in [2.24, 2.45) is 11.1 Å². The van der Waals surface area contributed by atoms with E-state index in [1.165, 1.54) is 11.3 Å². The molecule has 1 aromatic rings. The molecule has 2 rings (SSSR count). The minimum absolute atomic E-state index is 0. The Hall–Kier alpha value is -0.360. The van der Waals surface area contributed by atoms with Gasteiger partial charge in [-0.3, -0.25) is 4.79 Å². The first-order valence-corrected chi connectivity index (χ1v) is 7.33. The molecular weight excluding hydrogens is 317 g/mol. The highest BCUT2D eigenvalue weighted by atomic mass is 35.5. The fourth-order valence-electron chi connectivity index (χ4n) is 2.26. The zero-order valence-electron chi connectivity index (χ0n) is 11.9. The summed E-state index contributed by atoms with van der Waals surface area (Å²) < 4.78 is 0. The lowest BCUT2D eigenvalue weighted by molar-refractivity contribution is 0.0781. The maximum atomic E-state index is 12.3. The zero-order chi connectivity index (χ0) is 13.2. The lowest BCUT2D eigenvalue weighted by Gasteiger charge is -2.22. The minimum Gasteiger partial charge on any atom is -0.337 e. The van der Waals surface area contributed by atoms with Gasteiger partial charge < -0.3 is 10.6 Å². The predicted octanol–water partition coefficient (Wildman–Crippen LogP) is 2.75. The van der Waals surface area contributed by atoms with Gasteiger partial charge in [0.15, 0.2) is 0 Å². The number of amides is 1. The second-order valence-electron chi connectivity index (χ2n) is 5.36. The molecule has 1 aliphatic rings. The van der Waals surface area contributed by atoms with E-state index in [0.29, 0.717) is 6.54 Å². The molecule has 2 N–H and O–H groups in total. The van der Waals surface area contributed by atoms with E-state index >= 15 is 0 Å². The third-order valence-corrected chi connectivity index (χ3v) is 4.61. The molecule has 1 aromatic heterocycles. The van der Waals surface area contributed by atoms with Gasteiger partial charge in [-0.1, -0.05) is 13.8 Å². The molecule has 4 nitrogen and oxygen atoms in total. The smallest absolute Gasteiger partial charge is 0.265 e. The molecule has 1 unspecified atom stereocenters. The quantitative estimate of drug-likeness (QED) is 0.917. The predicted molar refractivity (Wildman–Crippen MR) is 88.3 cm³/mol. The Balaban J connectivity index is 0.00000180. The first kappa shape index (κ1) is 19.6. The van der Waals surface area contributed by atoms with Crippen LogP contribution in [0.4, 0.5) is 0 Å². The standard InChI is InChI=1S/C13H21N3OS.2ClH/c1-3-4-11-15-7-10(18-11)12(17)16-6-5-13(2,8-14)9-16;;/h7H,3-6,8-9,14H2,1-2H3;2*1H. The number of hydrogen-bond donors (Lipinski definition) is 1. The lowest BCUT2D eigenvalue weighted by Crippen LogP contribution is -2.34. The van der Waals surface area contributed by atoms with Gasteiger partial charge in [0.25, 0.3) is 5.91 Å². The number of nitrogens with zero attached hydrogens (tertiary/aromatic N) is 2. The van der Waals surface area contributed by atoms with Crippen LogP contribution in [0.3, 0.4) is 0 Å².